The lowest BCUT2D eigenvalue weighted by molar-refractivity contribution is 0.562. The Balaban J connectivity index is -0.000000102. The number of hydrogen-bond acceptors (Lipinski definition) is 8. The van der Waals surface area contributed by atoms with Gasteiger partial charge in [-0.3, -0.25) is 0 Å². The van der Waals surface area contributed by atoms with E-state index in [9.17, 15) is 0 Å². The molecule has 0 saturated carbocycles. The second-order valence-electron chi connectivity index (χ2n) is 2.97. The molecule has 8 heteroatoms. The molecule has 0 saturated heterocycles. The Morgan fingerprint density at radius 3 is 1.10 bits per heavy atom. The van der Waals surface area contributed by atoms with E-state index in [1.165, 1.54) is 5.56 Å². The van der Waals surface area contributed by atoms with E-state index in [0.29, 0.717) is 5.92 Å². The maximum absolute atomic E-state index is 8.35. The predicted molar refractivity (Wildman–Crippen MR) is 74.2 cm³/mol. The highest BCUT2D eigenvalue weighted by atomic mass is 16.1. The fourth-order valence-electron chi connectivity index (χ4n) is 0.838. The molecule has 8 nitrogen and oxygen atoms in total. The average Bonchev–Trinajstić information content (AvgIpc) is 2.43. The second kappa shape index (κ2) is 30.1. The first-order chi connectivity index (χ1) is 9.96. The highest BCUT2D eigenvalue weighted by Gasteiger charge is 1.93. The van der Waals surface area contributed by atoms with Crippen LogP contribution in [0.1, 0.15) is 25.3 Å². The number of isocyanates is 4. The molecule has 0 aromatic heterocycles. The van der Waals surface area contributed by atoms with Gasteiger partial charge in [-0.2, -0.15) is 0 Å². The summed E-state index contributed by atoms with van der Waals surface area (Å²) in [7, 11) is 0. The number of carbonyl (C=O) groups excluding carboxylic acids is 4. The van der Waals surface area contributed by atoms with Crippen LogP contribution in [0.5, 0.6) is 0 Å². The van der Waals surface area contributed by atoms with Gasteiger partial charge in [-0.1, -0.05) is 44.2 Å². The van der Waals surface area contributed by atoms with Crippen LogP contribution in [0.4, 0.5) is 0 Å². The Morgan fingerprint density at radius 1 is 0.714 bits per heavy atom. The molecule has 0 aliphatic rings. The van der Waals surface area contributed by atoms with Crippen molar-refractivity contribution >= 4 is 24.3 Å². The monoisotopic (exact) mass is 292 g/mol. The van der Waals surface area contributed by atoms with Crippen molar-refractivity contribution in [3.63, 3.8) is 0 Å². The summed E-state index contributed by atoms with van der Waals surface area (Å²) in [6, 6.07) is 10.5. The van der Waals surface area contributed by atoms with Gasteiger partial charge in [0.15, 0.2) is 0 Å². The molecule has 0 unspecified atom stereocenters. The largest absolute Gasteiger partial charge is 0.231 e. The van der Waals surface area contributed by atoms with Gasteiger partial charge in [-0.25, -0.2) is 40.8 Å². The first-order valence-corrected chi connectivity index (χ1v) is 5.17. The predicted octanol–water partition coefficient (Wildman–Crippen LogP) is 2.41. The quantitative estimate of drug-likeness (QED) is 0.461. The van der Waals surface area contributed by atoms with Gasteiger partial charge in [-0.05, 0) is 11.5 Å². The summed E-state index contributed by atoms with van der Waals surface area (Å²) in [6.45, 7) is 4.41. The molecule has 0 aliphatic heterocycles. The second-order valence-corrected chi connectivity index (χ2v) is 2.97. The van der Waals surface area contributed by atoms with Gasteiger partial charge in [0, 0.05) is 0 Å². The number of hydrogen-bond donors (Lipinski definition) is 4. The normalized spacial score (nSPS) is 5.86. The van der Waals surface area contributed by atoms with Crippen molar-refractivity contribution in [1.82, 2.24) is 0 Å². The standard InChI is InChI=1S/C9H12.4CHNO/c1-8(2)9-6-4-3-5-7-9;4*2-1-3/h3-8H,1-2H3;4*2H. The van der Waals surface area contributed by atoms with Crippen LogP contribution in [0.2, 0.25) is 0 Å². The number of nitrogens with one attached hydrogen (secondary N) is 4. The van der Waals surface area contributed by atoms with Crippen LogP contribution >= 0.6 is 0 Å². The Bertz CT molecular complexity index is 414. The molecule has 0 bridgehead atoms. The van der Waals surface area contributed by atoms with E-state index >= 15 is 0 Å². The van der Waals surface area contributed by atoms with E-state index in [4.69, 9.17) is 40.8 Å². The Hall–Kier alpha value is -3.26. The van der Waals surface area contributed by atoms with Crippen molar-refractivity contribution in [3.05, 3.63) is 35.9 Å². The van der Waals surface area contributed by atoms with Crippen molar-refractivity contribution in [2.75, 3.05) is 0 Å². The number of benzene rings is 1. The van der Waals surface area contributed by atoms with Crippen LogP contribution in [0.25, 0.3) is 0 Å². The molecule has 112 valence electrons. The molecule has 0 fully saturated rings. The first-order valence-electron chi connectivity index (χ1n) is 5.17. The molecule has 1 aromatic rings. The van der Waals surface area contributed by atoms with Crippen LogP contribution in [0.3, 0.4) is 0 Å². The molecular formula is C13H16N4O4. The van der Waals surface area contributed by atoms with Crippen LogP contribution in [0.15, 0.2) is 30.3 Å². The minimum Gasteiger partial charge on any atom is -0.222 e. The summed E-state index contributed by atoms with van der Waals surface area (Å²) in [6.07, 6.45) is 3.00. The maximum atomic E-state index is 8.35. The smallest absolute Gasteiger partial charge is 0.222 e. The van der Waals surface area contributed by atoms with Gasteiger partial charge < -0.3 is 0 Å². The molecule has 0 atom stereocenters. The molecule has 0 aliphatic carbocycles. The summed E-state index contributed by atoms with van der Waals surface area (Å²) >= 11 is 0. The van der Waals surface area contributed by atoms with Gasteiger partial charge in [-0.15, -0.1) is 0 Å². The van der Waals surface area contributed by atoms with Gasteiger partial charge in [0.25, 0.3) is 0 Å². The minimum absolute atomic E-state index is 0.659. The van der Waals surface area contributed by atoms with Gasteiger partial charge >= 0.3 is 0 Å². The van der Waals surface area contributed by atoms with E-state index in [2.05, 4.69) is 38.1 Å². The molecule has 0 radical (unpaired) electrons. The highest BCUT2D eigenvalue weighted by Crippen LogP contribution is 2.11. The van der Waals surface area contributed by atoms with Crippen molar-refractivity contribution in [2.45, 2.75) is 19.8 Å². The number of rotatable bonds is 1. The molecular weight excluding hydrogens is 276 g/mol. The molecule has 4 N–H and O–H groups in total. The fraction of sp³-hybridized carbons (Fsp3) is 0.231. The zero-order chi connectivity index (χ0) is 17.5. The summed E-state index contributed by atoms with van der Waals surface area (Å²) in [5.74, 6) is 0.659. The molecule has 21 heavy (non-hydrogen) atoms. The lowest BCUT2D eigenvalue weighted by atomic mass is 10.0. The highest BCUT2D eigenvalue weighted by molar-refractivity contribution is 5.26. The molecule has 0 amide bonds. The summed E-state index contributed by atoms with van der Waals surface area (Å²) in [5.41, 5.74) is 1.41. The topological polar surface area (TPSA) is 164 Å². The third kappa shape index (κ3) is 47.6. The molecule has 1 aromatic carbocycles. The molecule has 0 spiro atoms. The SMILES string of the molecule is CC(C)c1ccccc1.N=C=O.N=C=O.N=C=O.N=C=O. The van der Waals surface area contributed by atoms with Gasteiger partial charge in [0.05, 0.1) is 0 Å². The fourth-order valence-corrected chi connectivity index (χ4v) is 0.838. The average molecular weight is 292 g/mol. The van der Waals surface area contributed by atoms with E-state index in [0.717, 1.165) is 24.3 Å². The van der Waals surface area contributed by atoms with Gasteiger partial charge in [0.2, 0.25) is 24.3 Å². The third-order valence-electron chi connectivity index (χ3n) is 1.47. The third-order valence-corrected chi connectivity index (χ3v) is 1.47. The van der Waals surface area contributed by atoms with Crippen molar-refractivity contribution in [2.24, 2.45) is 0 Å². The maximum Gasteiger partial charge on any atom is 0.231 e. The zero-order valence-corrected chi connectivity index (χ0v) is 11.6. The molecule has 0 heterocycles. The van der Waals surface area contributed by atoms with Crippen LogP contribution in [-0.2, 0) is 19.2 Å². The first kappa shape index (κ1) is 26.3. The van der Waals surface area contributed by atoms with Crippen LogP contribution in [0, 0.1) is 21.6 Å². The lowest BCUT2D eigenvalue weighted by Gasteiger charge is -2.01. The van der Waals surface area contributed by atoms with E-state index in [1.807, 2.05) is 6.07 Å². The van der Waals surface area contributed by atoms with E-state index in [-0.39, 0.29) is 0 Å². The molecule has 1 rings (SSSR count). The van der Waals surface area contributed by atoms with Crippen molar-refractivity contribution < 1.29 is 19.2 Å². The lowest BCUT2D eigenvalue weighted by Crippen LogP contribution is -1.83. The zero-order valence-electron chi connectivity index (χ0n) is 11.6. The Kier molecular flexibility index (Phi) is 37.7. The van der Waals surface area contributed by atoms with Crippen molar-refractivity contribution in [1.29, 1.82) is 21.6 Å². The van der Waals surface area contributed by atoms with Crippen LogP contribution in [-0.4, -0.2) is 24.3 Å². The summed E-state index contributed by atoms with van der Waals surface area (Å²) < 4.78 is 0. The van der Waals surface area contributed by atoms with Crippen molar-refractivity contribution in [3.8, 4) is 0 Å². The minimum atomic E-state index is 0.659. The van der Waals surface area contributed by atoms with Crippen LogP contribution < -0.4 is 0 Å². The Morgan fingerprint density at radius 2 is 0.952 bits per heavy atom. The summed E-state index contributed by atoms with van der Waals surface area (Å²) in [4.78, 5) is 33.4. The van der Waals surface area contributed by atoms with E-state index in [1.54, 1.807) is 0 Å². The van der Waals surface area contributed by atoms with Gasteiger partial charge in [0.1, 0.15) is 0 Å². The summed E-state index contributed by atoms with van der Waals surface area (Å²) in [5, 5.41) is 21.6. The Labute approximate surface area is 121 Å². The van der Waals surface area contributed by atoms with E-state index < -0.39 is 0 Å².